The van der Waals surface area contributed by atoms with Gasteiger partial charge in [-0.05, 0) is 31.5 Å². The SMILES string of the molecule is C#CCOc1cccc([C@H](C)NCc2cnn(C)c2C)c1. The Morgan fingerprint density at radius 3 is 2.95 bits per heavy atom. The van der Waals surface area contributed by atoms with Gasteiger partial charge in [-0.15, -0.1) is 6.42 Å². The molecule has 1 atom stereocenters. The second kappa shape index (κ2) is 6.96. The summed E-state index contributed by atoms with van der Waals surface area (Å²) in [5, 5.41) is 7.76. The first-order valence-corrected chi connectivity index (χ1v) is 6.99. The van der Waals surface area contributed by atoms with Crippen LogP contribution in [0.3, 0.4) is 0 Å². The summed E-state index contributed by atoms with van der Waals surface area (Å²) < 4.78 is 7.34. The molecule has 110 valence electrons. The number of rotatable bonds is 6. The number of hydrogen-bond donors (Lipinski definition) is 1. The van der Waals surface area contributed by atoms with Crippen LogP contribution in [0.1, 0.15) is 29.8 Å². The van der Waals surface area contributed by atoms with Gasteiger partial charge in [-0.2, -0.15) is 5.10 Å². The van der Waals surface area contributed by atoms with Crippen LogP contribution < -0.4 is 10.1 Å². The maximum atomic E-state index is 5.45. The minimum absolute atomic E-state index is 0.221. The normalized spacial score (nSPS) is 11.9. The molecule has 0 aliphatic heterocycles. The van der Waals surface area contributed by atoms with Gasteiger partial charge in [0.15, 0.2) is 0 Å². The van der Waals surface area contributed by atoms with Crippen LogP contribution in [-0.4, -0.2) is 16.4 Å². The van der Waals surface area contributed by atoms with Crippen LogP contribution in [0.4, 0.5) is 0 Å². The second-order valence-corrected chi connectivity index (χ2v) is 5.05. The van der Waals surface area contributed by atoms with E-state index in [1.807, 2.05) is 36.1 Å². The molecule has 1 heterocycles. The van der Waals surface area contributed by atoms with Gasteiger partial charge in [0.05, 0.1) is 6.20 Å². The van der Waals surface area contributed by atoms with Gasteiger partial charge >= 0.3 is 0 Å². The highest BCUT2D eigenvalue weighted by Crippen LogP contribution is 2.19. The first-order chi connectivity index (χ1) is 10.1. The Kier molecular flexibility index (Phi) is 5.02. The van der Waals surface area contributed by atoms with Crippen molar-refractivity contribution < 1.29 is 4.74 Å². The van der Waals surface area contributed by atoms with Gasteiger partial charge in [0.1, 0.15) is 12.4 Å². The van der Waals surface area contributed by atoms with Crippen molar-refractivity contribution in [3.63, 3.8) is 0 Å². The van der Waals surface area contributed by atoms with E-state index in [9.17, 15) is 0 Å². The summed E-state index contributed by atoms with van der Waals surface area (Å²) >= 11 is 0. The molecule has 0 amide bonds. The quantitative estimate of drug-likeness (QED) is 0.828. The summed E-state index contributed by atoms with van der Waals surface area (Å²) in [6.45, 7) is 5.28. The summed E-state index contributed by atoms with van der Waals surface area (Å²) in [5.41, 5.74) is 3.57. The van der Waals surface area contributed by atoms with E-state index in [-0.39, 0.29) is 6.04 Å². The van der Waals surface area contributed by atoms with Gasteiger partial charge in [-0.3, -0.25) is 4.68 Å². The van der Waals surface area contributed by atoms with E-state index in [1.165, 1.54) is 16.8 Å². The molecule has 0 radical (unpaired) electrons. The first kappa shape index (κ1) is 15.1. The molecule has 0 saturated carbocycles. The van der Waals surface area contributed by atoms with E-state index >= 15 is 0 Å². The van der Waals surface area contributed by atoms with Crippen LogP contribution in [0.25, 0.3) is 0 Å². The van der Waals surface area contributed by atoms with E-state index in [0.717, 1.165) is 12.3 Å². The molecule has 0 bridgehead atoms. The van der Waals surface area contributed by atoms with E-state index in [1.54, 1.807) is 0 Å². The fraction of sp³-hybridized carbons (Fsp3) is 0.353. The minimum atomic E-state index is 0.221. The maximum absolute atomic E-state index is 5.45. The molecule has 0 spiro atoms. The van der Waals surface area contributed by atoms with E-state index in [0.29, 0.717) is 6.61 Å². The fourth-order valence-corrected chi connectivity index (χ4v) is 2.10. The van der Waals surface area contributed by atoms with Crippen LogP contribution in [-0.2, 0) is 13.6 Å². The number of aromatic nitrogens is 2. The van der Waals surface area contributed by atoms with Gasteiger partial charge in [0, 0.05) is 30.9 Å². The highest BCUT2D eigenvalue weighted by atomic mass is 16.5. The van der Waals surface area contributed by atoms with Crippen molar-refractivity contribution in [2.24, 2.45) is 7.05 Å². The molecule has 1 aromatic carbocycles. The van der Waals surface area contributed by atoms with Gasteiger partial charge in [-0.25, -0.2) is 0 Å². The highest BCUT2D eigenvalue weighted by Gasteiger charge is 2.08. The molecule has 2 aromatic rings. The van der Waals surface area contributed by atoms with Crippen LogP contribution in [0.5, 0.6) is 5.75 Å². The van der Waals surface area contributed by atoms with Crippen molar-refractivity contribution >= 4 is 0 Å². The zero-order valence-electron chi connectivity index (χ0n) is 12.8. The number of terminal acetylenes is 1. The summed E-state index contributed by atoms with van der Waals surface area (Å²) in [6.07, 6.45) is 7.11. The van der Waals surface area contributed by atoms with Crippen molar-refractivity contribution in [1.29, 1.82) is 0 Å². The third-order valence-electron chi connectivity index (χ3n) is 3.62. The number of hydrogen-bond acceptors (Lipinski definition) is 3. The molecule has 0 aliphatic rings. The Morgan fingerprint density at radius 2 is 2.29 bits per heavy atom. The Labute approximate surface area is 126 Å². The molecule has 0 saturated heterocycles. The topological polar surface area (TPSA) is 39.1 Å². The molecular formula is C17H21N3O. The van der Waals surface area contributed by atoms with E-state index in [4.69, 9.17) is 11.2 Å². The molecule has 0 unspecified atom stereocenters. The first-order valence-electron chi connectivity index (χ1n) is 6.99. The third-order valence-corrected chi connectivity index (χ3v) is 3.62. The molecule has 1 aromatic heterocycles. The van der Waals surface area contributed by atoms with E-state index in [2.05, 4.69) is 36.2 Å². The zero-order chi connectivity index (χ0) is 15.2. The maximum Gasteiger partial charge on any atom is 0.148 e. The number of nitrogens with one attached hydrogen (secondary N) is 1. The monoisotopic (exact) mass is 283 g/mol. The lowest BCUT2D eigenvalue weighted by Gasteiger charge is -2.15. The summed E-state index contributed by atoms with van der Waals surface area (Å²) in [6, 6.07) is 8.22. The Morgan fingerprint density at radius 1 is 1.48 bits per heavy atom. The molecule has 4 heteroatoms. The van der Waals surface area contributed by atoms with Gasteiger partial charge in [0.2, 0.25) is 0 Å². The van der Waals surface area contributed by atoms with Crippen LogP contribution in [0.15, 0.2) is 30.5 Å². The summed E-state index contributed by atoms with van der Waals surface area (Å²) in [7, 11) is 1.95. The molecule has 2 rings (SSSR count). The van der Waals surface area contributed by atoms with E-state index < -0.39 is 0 Å². The molecule has 1 N–H and O–H groups in total. The Bertz CT molecular complexity index is 640. The Hall–Kier alpha value is -2.25. The number of nitrogens with zero attached hydrogens (tertiary/aromatic N) is 2. The standard InChI is InChI=1S/C17H21N3O/c1-5-9-21-17-8-6-7-15(10-17)13(2)18-11-16-12-19-20(4)14(16)3/h1,6-8,10,12-13,18H,9,11H2,2-4H3/t13-/m0/s1. The third kappa shape index (κ3) is 3.87. The number of aryl methyl sites for hydroxylation is 1. The Balaban J connectivity index is 1.98. The lowest BCUT2D eigenvalue weighted by molar-refractivity contribution is 0.369. The van der Waals surface area contributed by atoms with Crippen molar-refractivity contribution in [2.75, 3.05) is 6.61 Å². The second-order valence-electron chi connectivity index (χ2n) is 5.05. The number of ether oxygens (including phenoxy) is 1. The van der Waals surface area contributed by atoms with Gasteiger partial charge in [-0.1, -0.05) is 18.1 Å². The number of benzene rings is 1. The molecule has 4 nitrogen and oxygen atoms in total. The van der Waals surface area contributed by atoms with Gasteiger partial charge in [0.25, 0.3) is 0 Å². The van der Waals surface area contributed by atoms with Crippen LogP contribution >= 0.6 is 0 Å². The van der Waals surface area contributed by atoms with Crippen molar-refractivity contribution in [3.8, 4) is 18.1 Å². The van der Waals surface area contributed by atoms with Crippen LogP contribution in [0, 0.1) is 19.3 Å². The molecule has 0 aliphatic carbocycles. The lowest BCUT2D eigenvalue weighted by atomic mass is 10.1. The zero-order valence-corrected chi connectivity index (χ0v) is 12.8. The average molecular weight is 283 g/mol. The van der Waals surface area contributed by atoms with Crippen molar-refractivity contribution in [2.45, 2.75) is 26.4 Å². The van der Waals surface area contributed by atoms with Crippen molar-refractivity contribution in [3.05, 3.63) is 47.3 Å². The molecule has 21 heavy (non-hydrogen) atoms. The molecule has 0 fully saturated rings. The average Bonchev–Trinajstić information content (AvgIpc) is 2.82. The predicted molar refractivity (Wildman–Crippen MR) is 84.0 cm³/mol. The minimum Gasteiger partial charge on any atom is -0.481 e. The van der Waals surface area contributed by atoms with Gasteiger partial charge < -0.3 is 10.1 Å². The summed E-state index contributed by atoms with van der Waals surface area (Å²) in [5.74, 6) is 3.28. The summed E-state index contributed by atoms with van der Waals surface area (Å²) in [4.78, 5) is 0. The van der Waals surface area contributed by atoms with Crippen LogP contribution in [0.2, 0.25) is 0 Å². The smallest absolute Gasteiger partial charge is 0.148 e. The molecular weight excluding hydrogens is 262 g/mol. The highest BCUT2D eigenvalue weighted by molar-refractivity contribution is 5.30. The predicted octanol–water partition coefficient (Wildman–Crippen LogP) is 2.59. The fourth-order valence-electron chi connectivity index (χ4n) is 2.10. The lowest BCUT2D eigenvalue weighted by Crippen LogP contribution is -2.18. The van der Waals surface area contributed by atoms with Crippen molar-refractivity contribution in [1.82, 2.24) is 15.1 Å². The largest absolute Gasteiger partial charge is 0.481 e.